The summed E-state index contributed by atoms with van der Waals surface area (Å²) >= 11 is 0. The topological polar surface area (TPSA) is 88.4 Å². The summed E-state index contributed by atoms with van der Waals surface area (Å²) in [4.78, 5) is 12.4. The highest BCUT2D eigenvalue weighted by atomic mass is 16.5. The van der Waals surface area contributed by atoms with E-state index in [4.69, 9.17) is 17.0 Å². The molecule has 1 unspecified atom stereocenters. The second-order valence-corrected chi connectivity index (χ2v) is 6.29. The number of benzene rings is 1. The van der Waals surface area contributed by atoms with Crippen molar-refractivity contribution in [3.63, 3.8) is 0 Å². The van der Waals surface area contributed by atoms with Crippen molar-refractivity contribution in [1.29, 1.82) is 0 Å². The number of unbranched alkanes of at least 4 members (excludes halogenated alkanes) is 4. The average Bonchev–Trinajstić information content (AvgIpc) is 2.67. The Morgan fingerprint density at radius 1 is 1.23 bits per heavy atom. The van der Waals surface area contributed by atoms with E-state index in [1.54, 1.807) is 24.3 Å². The van der Waals surface area contributed by atoms with Crippen LogP contribution in [0.15, 0.2) is 24.3 Å². The standard InChI is InChI=1S/C20H32N4O2/c1-3-5-13-19(14-8-6-7-9-15-22-24-23-21)26-20(25)18-12-10-11-17(4-2)16-18/h2,10-12,16,19,22-24H,3,5-9,13-15,21H2,1H3. The monoisotopic (exact) mass is 360 g/mol. The van der Waals surface area contributed by atoms with Crippen LogP contribution in [0.5, 0.6) is 0 Å². The first-order valence-electron chi connectivity index (χ1n) is 9.42. The van der Waals surface area contributed by atoms with Gasteiger partial charge in [-0.05, 0) is 43.9 Å². The molecular weight excluding hydrogens is 328 g/mol. The summed E-state index contributed by atoms with van der Waals surface area (Å²) in [5.41, 5.74) is 9.12. The van der Waals surface area contributed by atoms with Gasteiger partial charge in [0.1, 0.15) is 6.10 Å². The van der Waals surface area contributed by atoms with Gasteiger partial charge in [-0.15, -0.1) is 6.42 Å². The van der Waals surface area contributed by atoms with Gasteiger partial charge in [-0.1, -0.05) is 44.6 Å². The van der Waals surface area contributed by atoms with Crippen molar-refractivity contribution in [1.82, 2.24) is 16.5 Å². The van der Waals surface area contributed by atoms with Crippen LogP contribution in [-0.2, 0) is 4.74 Å². The molecule has 1 rings (SSSR count). The summed E-state index contributed by atoms with van der Waals surface area (Å²) in [6, 6.07) is 7.04. The van der Waals surface area contributed by atoms with Crippen LogP contribution >= 0.6 is 0 Å². The molecule has 5 N–H and O–H groups in total. The van der Waals surface area contributed by atoms with Crippen molar-refractivity contribution in [2.24, 2.45) is 5.84 Å². The molecule has 0 fully saturated rings. The van der Waals surface area contributed by atoms with E-state index in [0.717, 1.165) is 57.9 Å². The number of esters is 1. The van der Waals surface area contributed by atoms with Crippen molar-refractivity contribution < 1.29 is 9.53 Å². The van der Waals surface area contributed by atoms with E-state index in [1.807, 2.05) is 0 Å². The highest BCUT2D eigenvalue weighted by molar-refractivity contribution is 5.89. The molecule has 0 aromatic heterocycles. The minimum Gasteiger partial charge on any atom is -0.459 e. The lowest BCUT2D eigenvalue weighted by molar-refractivity contribution is 0.0250. The highest BCUT2D eigenvalue weighted by Crippen LogP contribution is 2.16. The van der Waals surface area contributed by atoms with Crippen LogP contribution in [-0.4, -0.2) is 18.6 Å². The molecule has 144 valence electrons. The Morgan fingerprint density at radius 3 is 2.73 bits per heavy atom. The van der Waals surface area contributed by atoms with E-state index >= 15 is 0 Å². The molecule has 0 aliphatic heterocycles. The fourth-order valence-electron chi connectivity index (χ4n) is 2.70. The third kappa shape index (κ3) is 9.54. The molecule has 26 heavy (non-hydrogen) atoms. The van der Waals surface area contributed by atoms with Gasteiger partial charge in [0.05, 0.1) is 5.56 Å². The lowest BCUT2D eigenvalue weighted by atomic mass is 10.0. The molecule has 1 aromatic carbocycles. The van der Waals surface area contributed by atoms with Crippen molar-refractivity contribution in [3.05, 3.63) is 35.4 Å². The Hall–Kier alpha value is -1.91. The second-order valence-electron chi connectivity index (χ2n) is 6.29. The first-order chi connectivity index (χ1) is 12.7. The Bertz CT molecular complexity index is 557. The third-order valence-electron chi connectivity index (χ3n) is 4.16. The van der Waals surface area contributed by atoms with Gasteiger partial charge in [0.15, 0.2) is 0 Å². The van der Waals surface area contributed by atoms with Crippen LogP contribution in [0.3, 0.4) is 0 Å². The maximum atomic E-state index is 12.4. The molecule has 0 saturated carbocycles. The average molecular weight is 361 g/mol. The summed E-state index contributed by atoms with van der Waals surface area (Å²) in [6.45, 7) is 3.00. The number of rotatable bonds is 14. The fourth-order valence-corrected chi connectivity index (χ4v) is 2.70. The first kappa shape index (κ1) is 22.1. The maximum absolute atomic E-state index is 12.4. The van der Waals surface area contributed by atoms with E-state index in [2.05, 4.69) is 29.3 Å². The lowest BCUT2D eigenvalue weighted by Crippen LogP contribution is -2.47. The second kappa shape index (κ2) is 14.3. The van der Waals surface area contributed by atoms with Crippen LogP contribution in [0.2, 0.25) is 0 Å². The number of carbonyl (C=O) groups is 1. The number of hydrazine groups is 3. The van der Waals surface area contributed by atoms with E-state index in [9.17, 15) is 4.79 Å². The predicted octanol–water partition coefficient (Wildman–Crippen LogP) is 2.81. The van der Waals surface area contributed by atoms with E-state index < -0.39 is 0 Å². The van der Waals surface area contributed by atoms with Gasteiger partial charge in [0, 0.05) is 12.1 Å². The molecule has 1 aromatic rings. The van der Waals surface area contributed by atoms with Crippen molar-refractivity contribution in [2.75, 3.05) is 6.54 Å². The fraction of sp³-hybridized carbons (Fsp3) is 0.550. The number of nitrogens with two attached hydrogens (primary N) is 1. The Kier molecular flexibility index (Phi) is 12.2. The molecule has 1 atom stereocenters. The van der Waals surface area contributed by atoms with E-state index in [1.165, 1.54) is 0 Å². The summed E-state index contributed by atoms with van der Waals surface area (Å²) in [7, 11) is 0. The van der Waals surface area contributed by atoms with Crippen LogP contribution < -0.4 is 22.3 Å². The molecule has 6 heteroatoms. The lowest BCUT2D eigenvalue weighted by Gasteiger charge is -2.18. The van der Waals surface area contributed by atoms with Crippen LogP contribution in [0.25, 0.3) is 0 Å². The summed E-state index contributed by atoms with van der Waals surface area (Å²) < 4.78 is 5.75. The molecule has 0 radical (unpaired) electrons. The Labute approximate surface area is 157 Å². The minimum absolute atomic E-state index is 0.0295. The molecular formula is C20H32N4O2. The van der Waals surface area contributed by atoms with Gasteiger partial charge in [0.2, 0.25) is 0 Å². The molecule has 0 saturated heterocycles. The number of terminal acetylenes is 1. The van der Waals surface area contributed by atoms with Crippen molar-refractivity contribution >= 4 is 5.97 Å². The quantitative estimate of drug-likeness (QED) is 0.134. The number of nitrogens with one attached hydrogen (secondary N) is 3. The van der Waals surface area contributed by atoms with Gasteiger partial charge < -0.3 is 4.74 Å². The number of hydrogen-bond donors (Lipinski definition) is 4. The Balaban J connectivity index is 2.38. The molecule has 0 heterocycles. The third-order valence-corrected chi connectivity index (χ3v) is 4.16. The molecule has 0 amide bonds. The normalized spacial score (nSPS) is 11.7. The molecule has 0 spiro atoms. The van der Waals surface area contributed by atoms with Gasteiger partial charge in [-0.2, -0.15) is 11.1 Å². The Morgan fingerprint density at radius 2 is 2.00 bits per heavy atom. The van der Waals surface area contributed by atoms with Gasteiger partial charge in [-0.3, -0.25) is 5.84 Å². The molecule has 0 aliphatic rings. The minimum atomic E-state index is -0.284. The van der Waals surface area contributed by atoms with Crippen LogP contribution in [0.1, 0.15) is 74.2 Å². The summed E-state index contributed by atoms with van der Waals surface area (Å²) in [6.07, 6.45) is 13.7. The molecule has 6 nitrogen and oxygen atoms in total. The zero-order valence-electron chi connectivity index (χ0n) is 15.7. The van der Waals surface area contributed by atoms with Gasteiger partial charge >= 0.3 is 5.97 Å². The summed E-state index contributed by atoms with van der Waals surface area (Å²) in [5.74, 6) is 7.35. The molecule has 0 bridgehead atoms. The van der Waals surface area contributed by atoms with Crippen molar-refractivity contribution in [3.8, 4) is 12.3 Å². The largest absolute Gasteiger partial charge is 0.459 e. The predicted molar refractivity (Wildman–Crippen MR) is 105 cm³/mol. The zero-order chi connectivity index (χ0) is 19.0. The number of carbonyl (C=O) groups excluding carboxylic acids is 1. The first-order valence-corrected chi connectivity index (χ1v) is 9.42. The van der Waals surface area contributed by atoms with E-state index in [0.29, 0.717) is 11.1 Å². The smallest absolute Gasteiger partial charge is 0.338 e. The van der Waals surface area contributed by atoms with Crippen molar-refractivity contribution in [2.45, 2.75) is 64.4 Å². The van der Waals surface area contributed by atoms with Gasteiger partial charge in [0.25, 0.3) is 0 Å². The number of ether oxygens (including phenoxy) is 1. The van der Waals surface area contributed by atoms with E-state index in [-0.39, 0.29) is 12.1 Å². The highest BCUT2D eigenvalue weighted by Gasteiger charge is 2.15. The molecule has 0 aliphatic carbocycles. The SMILES string of the molecule is C#Cc1cccc(C(=O)OC(CCCC)CCCCCCNNNN)c1. The van der Waals surface area contributed by atoms with Crippen LogP contribution in [0, 0.1) is 12.3 Å². The zero-order valence-corrected chi connectivity index (χ0v) is 15.7. The number of hydrogen-bond acceptors (Lipinski definition) is 6. The summed E-state index contributed by atoms with van der Waals surface area (Å²) in [5, 5.41) is 0. The van der Waals surface area contributed by atoms with Gasteiger partial charge in [-0.25, -0.2) is 10.2 Å². The van der Waals surface area contributed by atoms with Crippen LogP contribution in [0.4, 0.5) is 0 Å². The maximum Gasteiger partial charge on any atom is 0.338 e.